The van der Waals surface area contributed by atoms with E-state index in [2.05, 4.69) is 13.8 Å². The first-order valence-electron chi connectivity index (χ1n) is 13.3. The van der Waals surface area contributed by atoms with Crippen LogP contribution in [0.15, 0.2) is 72.8 Å². The Morgan fingerprint density at radius 3 is 1.67 bits per heavy atom. The Balaban J connectivity index is 1.82. The van der Waals surface area contributed by atoms with Gasteiger partial charge in [0.25, 0.3) is 0 Å². The van der Waals surface area contributed by atoms with Crippen molar-refractivity contribution in [1.82, 2.24) is 0 Å². The third kappa shape index (κ3) is 7.81. The van der Waals surface area contributed by atoms with E-state index in [9.17, 15) is 9.59 Å². The fourth-order valence-electron chi connectivity index (χ4n) is 4.08. The number of carbonyl (C=O) groups excluding carboxylic acids is 2. The molecule has 0 aliphatic carbocycles. The van der Waals surface area contributed by atoms with Gasteiger partial charge in [-0.25, -0.2) is 0 Å². The average molecular weight is 487 g/mol. The minimum atomic E-state index is -0.208. The number of unbranched alkanes of at least 4 members (excludes halogenated alkanes) is 6. The molecule has 190 valence electrons. The zero-order valence-corrected chi connectivity index (χ0v) is 21.6. The molecule has 4 nitrogen and oxygen atoms in total. The maximum Gasteiger partial charge on any atom is 0.193 e. The van der Waals surface area contributed by atoms with Crippen LogP contribution in [0, 0.1) is 0 Å². The van der Waals surface area contributed by atoms with Crippen LogP contribution in [-0.4, -0.2) is 24.8 Å². The fourth-order valence-corrected chi connectivity index (χ4v) is 4.08. The third-order valence-electron chi connectivity index (χ3n) is 6.17. The van der Waals surface area contributed by atoms with Crippen LogP contribution < -0.4 is 9.47 Å². The standard InChI is InChI=1S/C32H38O4/c1-3-5-7-14-22-35-29-21-20-26(24-30(29)36-23-15-8-6-4-2)32(34)28-19-13-12-18-27(28)31(33)25-16-10-9-11-17-25/h9-13,16-21,24H,3-8,14-15,22-23H2,1-2H3. The van der Waals surface area contributed by atoms with E-state index in [1.54, 1.807) is 48.5 Å². The first-order chi connectivity index (χ1) is 17.7. The van der Waals surface area contributed by atoms with Crippen molar-refractivity contribution in [3.8, 4) is 11.5 Å². The van der Waals surface area contributed by atoms with Gasteiger partial charge in [-0.2, -0.15) is 0 Å². The second kappa shape index (κ2) is 14.9. The average Bonchev–Trinajstić information content (AvgIpc) is 2.93. The van der Waals surface area contributed by atoms with Gasteiger partial charge >= 0.3 is 0 Å². The van der Waals surface area contributed by atoms with E-state index < -0.39 is 0 Å². The van der Waals surface area contributed by atoms with Crippen molar-refractivity contribution in [2.75, 3.05) is 13.2 Å². The molecule has 3 aromatic rings. The molecule has 36 heavy (non-hydrogen) atoms. The van der Waals surface area contributed by atoms with E-state index >= 15 is 0 Å². The maximum atomic E-state index is 13.6. The number of ether oxygens (including phenoxy) is 2. The molecule has 0 saturated carbocycles. The molecule has 0 aliphatic heterocycles. The van der Waals surface area contributed by atoms with Crippen LogP contribution in [0.25, 0.3) is 0 Å². The third-order valence-corrected chi connectivity index (χ3v) is 6.17. The summed E-state index contributed by atoms with van der Waals surface area (Å²) in [5, 5.41) is 0. The van der Waals surface area contributed by atoms with Crippen molar-refractivity contribution in [3.05, 3.63) is 95.1 Å². The topological polar surface area (TPSA) is 52.6 Å². The summed E-state index contributed by atoms with van der Waals surface area (Å²) in [6, 6.07) is 21.4. The van der Waals surface area contributed by atoms with Gasteiger partial charge in [0.05, 0.1) is 13.2 Å². The van der Waals surface area contributed by atoms with Crippen LogP contribution in [0.2, 0.25) is 0 Å². The number of hydrogen-bond donors (Lipinski definition) is 0. The van der Waals surface area contributed by atoms with E-state index in [1.807, 2.05) is 24.3 Å². The first-order valence-corrected chi connectivity index (χ1v) is 13.3. The molecule has 0 heterocycles. The zero-order chi connectivity index (χ0) is 25.6. The normalized spacial score (nSPS) is 10.7. The minimum absolute atomic E-state index is 0.168. The Kier molecular flexibility index (Phi) is 11.2. The van der Waals surface area contributed by atoms with Gasteiger partial charge in [0.2, 0.25) is 0 Å². The van der Waals surface area contributed by atoms with Crippen molar-refractivity contribution in [1.29, 1.82) is 0 Å². The Morgan fingerprint density at radius 1 is 0.556 bits per heavy atom. The predicted molar refractivity (Wildman–Crippen MR) is 145 cm³/mol. The lowest BCUT2D eigenvalue weighted by Crippen LogP contribution is -2.11. The minimum Gasteiger partial charge on any atom is -0.490 e. The highest BCUT2D eigenvalue weighted by Gasteiger charge is 2.20. The molecule has 0 aliphatic rings. The summed E-state index contributed by atoms with van der Waals surface area (Å²) in [5.74, 6) is 0.867. The van der Waals surface area contributed by atoms with Gasteiger partial charge in [0.15, 0.2) is 23.1 Å². The largest absolute Gasteiger partial charge is 0.490 e. The smallest absolute Gasteiger partial charge is 0.193 e. The second-order valence-electron chi connectivity index (χ2n) is 9.05. The monoisotopic (exact) mass is 486 g/mol. The molecule has 0 saturated heterocycles. The van der Waals surface area contributed by atoms with Gasteiger partial charge in [-0.3, -0.25) is 9.59 Å². The summed E-state index contributed by atoms with van der Waals surface area (Å²) in [6.07, 6.45) is 8.89. The molecule has 0 atom stereocenters. The number of rotatable bonds is 16. The van der Waals surface area contributed by atoms with Crippen molar-refractivity contribution < 1.29 is 19.1 Å². The lowest BCUT2D eigenvalue weighted by molar-refractivity contribution is 0.100. The maximum absolute atomic E-state index is 13.6. The highest BCUT2D eigenvalue weighted by molar-refractivity contribution is 6.19. The molecule has 3 aromatic carbocycles. The Bertz CT molecular complexity index is 1100. The Morgan fingerprint density at radius 2 is 1.08 bits per heavy atom. The summed E-state index contributed by atoms with van der Waals surface area (Å²) in [6.45, 7) is 5.56. The van der Waals surface area contributed by atoms with Crippen LogP contribution >= 0.6 is 0 Å². The number of benzene rings is 3. The molecule has 4 heteroatoms. The Labute approximate surface area is 215 Å². The first kappa shape index (κ1) is 27.2. The SMILES string of the molecule is CCCCCCOc1ccc(C(=O)c2ccccc2C(=O)c2ccccc2)cc1OCCCCCC. The van der Waals surface area contributed by atoms with E-state index in [0.29, 0.717) is 47.0 Å². The van der Waals surface area contributed by atoms with Crippen LogP contribution in [0.4, 0.5) is 0 Å². The lowest BCUT2D eigenvalue weighted by atomic mass is 9.93. The van der Waals surface area contributed by atoms with Crippen molar-refractivity contribution in [3.63, 3.8) is 0 Å². The van der Waals surface area contributed by atoms with Crippen molar-refractivity contribution >= 4 is 11.6 Å². The number of ketones is 2. The van der Waals surface area contributed by atoms with Gasteiger partial charge in [-0.1, -0.05) is 107 Å². The quantitative estimate of drug-likeness (QED) is 0.152. The summed E-state index contributed by atoms with van der Waals surface area (Å²) in [4.78, 5) is 26.7. The molecule has 0 aromatic heterocycles. The van der Waals surface area contributed by atoms with Crippen LogP contribution in [0.1, 0.15) is 97.1 Å². The lowest BCUT2D eigenvalue weighted by Gasteiger charge is -2.15. The molecule has 0 fully saturated rings. The van der Waals surface area contributed by atoms with E-state index in [0.717, 1.165) is 32.1 Å². The van der Waals surface area contributed by atoms with Crippen molar-refractivity contribution in [2.45, 2.75) is 65.2 Å². The highest BCUT2D eigenvalue weighted by Crippen LogP contribution is 2.31. The van der Waals surface area contributed by atoms with E-state index in [4.69, 9.17) is 9.47 Å². The predicted octanol–water partition coefficient (Wildman–Crippen LogP) is 8.07. The second-order valence-corrected chi connectivity index (χ2v) is 9.05. The van der Waals surface area contributed by atoms with Crippen LogP contribution in [0.3, 0.4) is 0 Å². The zero-order valence-electron chi connectivity index (χ0n) is 21.6. The van der Waals surface area contributed by atoms with Crippen molar-refractivity contribution in [2.24, 2.45) is 0 Å². The number of hydrogen-bond acceptors (Lipinski definition) is 4. The number of carbonyl (C=O) groups is 2. The molecule has 0 unspecified atom stereocenters. The fraction of sp³-hybridized carbons (Fsp3) is 0.375. The molecule has 0 bridgehead atoms. The Hall–Kier alpha value is -3.40. The van der Waals surface area contributed by atoms with Crippen LogP contribution in [-0.2, 0) is 0 Å². The van der Waals surface area contributed by atoms with E-state index in [-0.39, 0.29) is 11.6 Å². The van der Waals surface area contributed by atoms with Gasteiger partial charge < -0.3 is 9.47 Å². The van der Waals surface area contributed by atoms with Gasteiger partial charge in [-0.15, -0.1) is 0 Å². The summed E-state index contributed by atoms with van der Waals surface area (Å²) < 4.78 is 12.1. The molecule has 3 rings (SSSR count). The molecular weight excluding hydrogens is 448 g/mol. The molecule has 0 spiro atoms. The van der Waals surface area contributed by atoms with Gasteiger partial charge in [0.1, 0.15) is 0 Å². The van der Waals surface area contributed by atoms with E-state index in [1.165, 1.54) is 19.3 Å². The van der Waals surface area contributed by atoms with Gasteiger partial charge in [-0.05, 0) is 31.0 Å². The summed E-state index contributed by atoms with van der Waals surface area (Å²) in [5.41, 5.74) is 1.81. The van der Waals surface area contributed by atoms with Crippen LogP contribution in [0.5, 0.6) is 11.5 Å². The summed E-state index contributed by atoms with van der Waals surface area (Å²) >= 11 is 0. The molecule has 0 N–H and O–H groups in total. The molecular formula is C32H38O4. The molecule has 0 radical (unpaired) electrons. The summed E-state index contributed by atoms with van der Waals surface area (Å²) in [7, 11) is 0. The van der Waals surface area contributed by atoms with Gasteiger partial charge in [0, 0.05) is 22.3 Å². The molecule has 0 amide bonds. The highest BCUT2D eigenvalue weighted by atomic mass is 16.5.